The van der Waals surface area contributed by atoms with E-state index >= 15 is 0 Å². The van der Waals surface area contributed by atoms with E-state index in [1.54, 1.807) is 6.92 Å². The molecule has 3 unspecified atom stereocenters. The Bertz CT molecular complexity index is 127. The third-order valence-corrected chi connectivity index (χ3v) is 1.99. The van der Waals surface area contributed by atoms with Crippen molar-refractivity contribution >= 4 is 0 Å². The van der Waals surface area contributed by atoms with Gasteiger partial charge in [0.1, 0.15) is 6.10 Å². The lowest BCUT2D eigenvalue weighted by Crippen LogP contribution is -2.38. The number of rotatable bonds is 1. The van der Waals surface area contributed by atoms with E-state index in [0.717, 1.165) is 0 Å². The highest BCUT2D eigenvalue weighted by atomic mass is 16.7. The molecule has 0 aromatic rings. The quantitative estimate of drug-likeness (QED) is 0.632. The Morgan fingerprint density at radius 3 is 2.17 bits per heavy atom. The Balaban J connectivity index is 0.000000561. The second-order valence-electron chi connectivity index (χ2n) is 2.88. The van der Waals surface area contributed by atoms with Crippen molar-refractivity contribution in [2.75, 3.05) is 0 Å². The highest BCUT2D eigenvalue weighted by Crippen LogP contribution is 2.30. The summed E-state index contributed by atoms with van der Waals surface area (Å²) in [5.41, 5.74) is 0. The average Bonchev–Trinajstić information content (AvgIpc) is 2.31. The second-order valence-corrected chi connectivity index (χ2v) is 2.88. The molecule has 1 aliphatic heterocycles. The summed E-state index contributed by atoms with van der Waals surface area (Å²) in [6.07, 6.45) is 0.232. The fourth-order valence-electron chi connectivity index (χ4n) is 1.29. The molecule has 74 valence electrons. The molecule has 0 saturated carbocycles. The molecule has 1 saturated heterocycles. The molecule has 0 bridgehead atoms. The Morgan fingerprint density at radius 1 is 1.50 bits per heavy atom. The fourth-order valence-corrected chi connectivity index (χ4v) is 1.29. The molecule has 0 radical (unpaired) electrons. The zero-order valence-electron chi connectivity index (χ0n) is 8.37. The van der Waals surface area contributed by atoms with Crippen molar-refractivity contribution in [2.45, 2.75) is 58.5 Å². The fraction of sp³-hybridized carbons (Fsp3) is 1.00. The molecule has 0 spiro atoms. The summed E-state index contributed by atoms with van der Waals surface area (Å²) in [5, 5.41) is 18.7. The smallest absolute Gasteiger partial charge is 0.192 e. The van der Waals surface area contributed by atoms with Gasteiger partial charge in [0.05, 0.1) is 6.10 Å². The van der Waals surface area contributed by atoms with E-state index in [2.05, 4.69) is 0 Å². The normalized spacial score (nSPS) is 40.5. The van der Waals surface area contributed by atoms with E-state index in [9.17, 15) is 10.2 Å². The van der Waals surface area contributed by atoms with Crippen LogP contribution in [-0.2, 0) is 4.74 Å². The first-order valence-electron chi connectivity index (χ1n) is 4.66. The van der Waals surface area contributed by atoms with Gasteiger partial charge in [0, 0.05) is 12.8 Å². The predicted octanol–water partition coefficient (Wildman–Crippen LogP) is 1.28. The van der Waals surface area contributed by atoms with Crippen molar-refractivity contribution in [2.24, 2.45) is 0 Å². The maximum atomic E-state index is 9.47. The van der Waals surface area contributed by atoms with Crippen LogP contribution in [0.4, 0.5) is 0 Å². The first-order chi connectivity index (χ1) is 5.58. The Labute approximate surface area is 74.4 Å². The van der Waals surface area contributed by atoms with Crippen LogP contribution < -0.4 is 0 Å². The van der Waals surface area contributed by atoms with Crippen molar-refractivity contribution in [1.29, 1.82) is 0 Å². The molecule has 0 aliphatic carbocycles. The van der Waals surface area contributed by atoms with Crippen LogP contribution in [0, 0.1) is 0 Å². The van der Waals surface area contributed by atoms with E-state index in [1.807, 2.05) is 20.8 Å². The van der Waals surface area contributed by atoms with Gasteiger partial charge in [-0.1, -0.05) is 20.8 Å². The zero-order valence-corrected chi connectivity index (χ0v) is 8.37. The van der Waals surface area contributed by atoms with Crippen LogP contribution in [0.15, 0.2) is 0 Å². The molecule has 12 heavy (non-hydrogen) atoms. The van der Waals surface area contributed by atoms with E-state index < -0.39 is 11.9 Å². The number of aliphatic hydroxyl groups is 2. The Hall–Kier alpha value is -0.120. The van der Waals surface area contributed by atoms with Crippen molar-refractivity contribution in [3.63, 3.8) is 0 Å². The van der Waals surface area contributed by atoms with Gasteiger partial charge in [-0.2, -0.15) is 0 Å². The zero-order chi connectivity index (χ0) is 9.78. The summed E-state index contributed by atoms with van der Waals surface area (Å²) in [7, 11) is 0. The van der Waals surface area contributed by atoms with Gasteiger partial charge in [-0.05, 0) is 6.92 Å². The summed E-state index contributed by atoms with van der Waals surface area (Å²) >= 11 is 0. The monoisotopic (exact) mass is 176 g/mol. The molecule has 1 rings (SSSR count). The lowest BCUT2D eigenvalue weighted by atomic mass is 10.1. The summed E-state index contributed by atoms with van der Waals surface area (Å²) in [6, 6.07) is 0. The van der Waals surface area contributed by atoms with E-state index in [4.69, 9.17) is 4.74 Å². The number of aliphatic hydroxyl groups excluding tert-OH is 1. The molecule has 1 aliphatic rings. The highest BCUT2D eigenvalue weighted by Gasteiger charge is 2.43. The molecule has 1 heterocycles. The average molecular weight is 176 g/mol. The maximum absolute atomic E-state index is 9.47. The molecule has 0 aromatic heterocycles. The van der Waals surface area contributed by atoms with Crippen LogP contribution >= 0.6 is 0 Å². The third kappa shape index (κ3) is 2.44. The molecule has 0 aromatic carbocycles. The van der Waals surface area contributed by atoms with Gasteiger partial charge in [0.2, 0.25) is 0 Å². The minimum absolute atomic E-state index is 0.0278. The molecular formula is C9H20O3. The second kappa shape index (κ2) is 4.80. The maximum Gasteiger partial charge on any atom is 0.192 e. The van der Waals surface area contributed by atoms with Gasteiger partial charge in [-0.3, -0.25) is 0 Å². The van der Waals surface area contributed by atoms with Crippen LogP contribution in [0.5, 0.6) is 0 Å². The molecule has 3 heteroatoms. The molecular weight excluding hydrogens is 156 g/mol. The van der Waals surface area contributed by atoms with Crippen LogP contribution in [0.1, 0.15) is 40.5 Å². The summed E-state index contributed by atoms with van der Waals surface area (Å²) in [4.78, 5) is 0. The predicted molar refractivity (Wildman–Crippen MR) is 47.8 cm³/mol. The highest BCUT2D eigenvalue weighted by molar-refractivity contribution is 4.84. The van der Waals surface area contributed by atoms with Crippen molar-refractivity contribution in [3.8, 4) is 0 Å². The third-order valence-electron chi connectivity index (χ3n) is 1.99. The van der Waals surface area contributed by atoms with Crippen LogP contribution in [0.2, 0.25) is 0 Å². The minimum Gasteiger partial charge on any atom is -0.387 e. The summed E-state index contributed by atoms with van der Waals surface area (Å²) < 4.78 is 5.12. The SMILES string of the molecule is CC.CCC1(O)OC(C)CC1O. The first kappa shape index (κ1) is 11.9. The van der Waals surface area contributed by atoms with Crippen molar-refractivity contribution in [3.05, 3.63) is 0 Å². The molecule has 1 fully saturated rings. The number of hydrogen-bond acceptors (Lipinski definition) is 3. The Morgan fingerprint density at radius 2 is 2.00 bits per heavy atom. The number of hydrogen-bond donors (Lipinski definition) is 2. The summed E-state index contributed by atoms with van der Waals surface area (Å²) in [6.45, 7) is 7.64. The lowest BCUT2D eigenvalue weighted by Gasteiger charge is -2.23. The molecule has 3 nitrogen and oxygen atoms in total. The van der Waals surface area contributed by atoms with Crippen molar-refractivity contribution < 1.29 is 14.9 Å². The van der Waals surface area contributed by atoms with E-state index in [-0.39, 0.29) is 6.10 Å². The standard InChI is InChI=1S/C7H14O3.C2H6/c1-3-7(9)6(8)4-5(2)10-7;1-2/h5-6,8-9H,3-4H2,1-2H3;1-2H3. The van der Waals surface area contributed by atoms with E-state index in [1.165, 1.54) is 0 Å². The summed E-state index contributed by atoms with van der Waals surface area (Å²) in [5.74, 6) is -1.28. The Kier molecular flexibility index (Phi) is 4.75. The van der Waals surface area contributed by atoms with Crippen LogP contribution in [-0.4, -0.2) is 28.2 Å². The largest absolute Gasteiger partial charge is 0.387 e. The van der Waals surface area contributed by atoms with Gasteiger partial charge in [0.15, 0.2) is 5.79 Å². The topological polar surface area (TPSA) is 49.7 Å². The van der Waals surface area contributed by atoms with Gasteiger partial charge >= 0.3 is 0 Å². The molecule has 2 N–H and O–H groups in total. The van der Waals surface area contributed by atoms with Gasteiger partial charge in [-0.25, -0.2) is 0 Å². The van der Waals surface area contributed by atoms with Crippen molar-refractivity contribution in [1.82, 2.24) is 0 Å². The van der Waals surface area contributed by atoms with Gasteiger partial charge in [0.25, 0.3) is 0 Å². The van der Waals surface area contributed by atoms with Crippen LogP contribution in [0.25, 0.3) is 0 Å². The van der Waals surface area contributed by atoms with Crippen LogP contribution in [0.3, 0.4) is 0 Å². The number of ether oxygens (including phenoxy) is 1. The minimum atomic E-state index is -1.28. The molecule has 0 amide bonds. The lowest BCUT2D eigenvalue weighted by molar-refractivity contribution is -0.226. The first-order valence-corrected chi connectivity index (χ1v) is 4.66. The van der Waals surface area contributed by atoms with Gasteiger partial charge < -0.3 is 14.9 Å². The molecule has 3 atom stereocenters. The van der Waals surface area contributed by atoms with E-state index in [0.29, 0.717) is 12.8 Å². The van der Waals surface area contributed by atoms with Gasteiger partial charge in [-0.15, -0.1) is 0 Å².